The summed E-state index contributed by atoms with van der Waals surface area (Å²) in [5.74, 6) is 0.101. The summed E-state index contributed by atoms with van der Waals surface area (Å²) < 4.78 is 0.665. The van der Waals surface area contributed by atoms with Gasteiger partial charge in [-0.2, -0.15) is 0 Å². The SMILES string of the molecule is C=CCN1CCC2(CC1)CN(C(=O)c1ccc(Cl)s1)Cc1ccccc12. The van der Waals surface area contributed by atoms with Crippen LogP contribution in [0.2, 0.25) is 4.34 Å². The largest absolute Gasteiger partial charge is 0.333 e. The van der Waals surface area contributed by atoms with E-state index in [2.05, 4.69) is 35.7 Å². The lowest BCUT2D eigenvalue weighted by Gasteiger charge is -2.48. The molecule has 5 heteroatoms. The third kappa shape index (κ3) is 3.22. The first-order valence-electron chi connectivity index (χ1n) is 9.07. The van der Waals surface area contributed by atoms with Crippen LogP contribution < -0.4 is 0 Å². The van der Waals surface area contributed by atoms with Gasteiger partial charge in [0.05, 0.1) is 9.21 Å². The Bertz CT molecular complexity index is 823. The van der Waals surface area contributed by atoms with Gasteiger partial charge < -0.3 is 4.90 Å². The van der Waals surface area contributed by atoms with Crippen LogP contribution in [0.25, 0.3) is 0 Å². The van der Waals surface area contributed by atoms with Crippen molar-refractivity contribution in [3.8, 4) is 0 Å². The zero-order valence-corrected chi connectivity index (χ0v) is 16.4. The van der Waals surface area contributed by atoms with Crippen molar-refractivity contribution in [3.05, 3.63) is 69.4 Å². The molecule has 0 saturated carbocycles. The van der Waals surface area contributed by atoms with Crippen molar-refractivity contribution in [2.75, 3.05) is 26.2 Å². The Morgan fingerprint density at radius 3 is 2.69 bits per heavy atom. The number of piperidine rings is 1. The van der Waals surface area contributed by atoms with E-state index in [1.54, 1.807) is 6.07 Å². The maximum Gasteiger partial charge on any atom is 0.264 e. The smallest absolute Gasteiger partial charge is 0.264 e. The van der Waals surface area contributed by atoms with E-state index in [0.717, 1.165) is 43.9 Å². The Labute approximate surface area is 163 Å². The van der Waals surface area contributed by atoms with Gasteiger partial charge in [-0.3, -0.25) is 9.69 Å². The summed E-state index contributed by atoms with van der Waals surface area (Å²) in [7, 11) is 0. The minimum Gasteiger partial charge on any atom is -0.333 e. The summed E-state index contributed by atoms with van der Waals surface area (Å²) in [4.78, 5) is 18.3. The van der Waals surface area contributed by atoms with Crippen LogP contribution >= 0.6 is 22.9 Å². The normalized spacial score (nSPS) is 19.3. The standard InChI is InChI=1S/C21H23ClN2OS/c1-2-11-23-12-9-21(10-13-23)15-24(14-16-5-3-4-6-17(16)21)20(25)18-7-8-19(22)26-18/h2-8H,1,9-15H2. The number of halogens is 1. The molecule has 1 aromatic heterocycles. The number of likely N-dealkylation sites (tertiary alicyclic amines) is 1. The molecule has 3 nitrogen and oxygen atoms in total. The van der Waals surface area contributed by atoms with Gasteiger partial charge in [0.15, 0.2) is 0 Å². The molecule has 1 fully saturated rings. The molecule has 2 aliphatic heterocycles. The molecular formula is C21H23ClN2OS. The van der Waals surface area contributed by atoms with E-state index in [9.17, 15) is 4.79 Å². The lowest BCUT2D eigenvalue weighted by Crippen LogP contribution is -2.53. The van der Waals surface area contributed by atoms with Crippen molar-refractivity contribution < 1.29 is 4.79 Å². The molecule has 1 amide bonds. The van der Waals surface area contributed by atoms with Gasteiger partial charge in [-0.05, 0) is 49.2 Å². The molecule has 0 radical (unpaired) electrons. The van der Waals surface area contributed by atoms with Gasteiger partial charge in [0, 0.05) is 25.0 Å². The molecule has 1 saturated heterocycles. The zero-order valence-electron chi connectivity index (χ0n) is 14.8. The van der Waals surface area contributed by atoms with Crippen LogP contribution in [0.1, 0.15) is 33.6 Å². The lowest BCUT2D eigenvalue weighted by molar-refractivity contribution is 0.0593. The number of rotatable bonds is 3. The second-order valence-corrected chi connectivity index (χ2v) is 9.01. The van der Waals surface area contributed by atoms with Crippen LogP contribution in [0.5, 0.6) is 0 Å². The first-order valence-corrected chi connectivity index (χ1v) is 10.3. The molecule has 26 heavy (non-hydrogen) atoms. The average molecular weight is 387 g/mol. The number of fused-ring (bicyclic) bond motifs is 2. The maximum atomic E-state index is 13.1. The van der Waals surface area contributed by atoms with E-state index >= 15 is 0 Å². The van der Waals surface area contributed by atoms with Crippen molar-refractivity contribution in [2.24, 2.45) is 0 Å². The Morgan fingerprint density at radius 2 is 2.00 bits per heavy atom. The van der Waals surface area contributed by atoms with E-state index in [4.69, 9.17) is 11.6 Å². The Morgan fingerprint density at radius 1 is 1.23 bits per heavy atom. The van der Waals surface area contributed by atoms with Crippen LogP contribution in [0.3, 0.4) is 0 Å². The van der Waals surface area contributed by atoms with E-state index in [-0.39, 0.29) is 11.3 Å². The number of carbonyl (C=O) groups is 1. The van der Waals surface area contributed by atoms with Crippen molar-refractivity contribution in [1.82, 2.24) is 9.80 Å². The number of hydrogen-bond acceptors (Lipinski definition) is 3. The topological polar surface area (TPSA) is 23.6 Å². The molecule has 0 unspecified atom stereocenters. The van der Waals surface area contributed by atoms with Crippen molar-refractivity contribution in [1.29, 1.82) is 0 Å². The Hall–Kier alpha value is -1.62. The lowest BCUT2D eigenvalue weighted by atomic mass is 9.69. The molecule has 0 bridgehead atoms. The van der Waals surface area contributed by atoms with Gasteiger partial charge in [0.25, 0.3) is 5.91 Å². The zero-order chi connectivity index (χ0) is 18.1. The molecule has 0 atom stereocenters. The average Bonchev–Trinajstić information content (AvgIpc) is 3.10. The summed E-state index contributed by atoms with van der Waals surface area (Å²) >= 11 is 7.41. The van der Waals surface area contributed by atoms with Crippen LogP contribution in [0.15, 0.2) is 49.1 Å². The van der Waals surface area contributed by atoms with Crippen LogP contribution in [-0.2, 0) is 12.0 Å². The number of amides is 1. The molecule has 1 aromatic carbocycles. The molecule has 3 heterocycles. The summed E-state index contributed by atoms with van der Waals surface area (Å²) in [5, 5.41) is 0. The first-order chi connectivity index (χ1) is 12.6. The van der Waals surface area contributed by atoms with Gasteiger partial charge in [0.2, 0.25) is 0 Å². The van der Waals surface area contributed by atoms with E-state index in [1.807, 2.05) is 17.0 Å². The van der Waals surface area contributed by atoms with Gasteiger partial charge in [-0.15, -0.1) is 17.9 Å². The van der Waals surface area contributed by atoms with Gasteiger partial charge in [-0.1, -0.05) is 41.9 Å². The second kappa shape index (κ2) is 7.18. The second-order valence-electron chi connectivity index (χ2n) is 7.29. The molecule has 0 aliphatic carbocycles. The van der Waals surface area contributed by atoms with Crippen LogP contribution in [0.4, 0.5) is 0 Å². The Kier molecular flexibility index (Phi) is 4.91. The van der Waals surface area contributed by atoms with Crippen molar-refractivity contribution in [2.45, 2.75) is 24.8 Å². The molecule has 0 N–H and O–H groups in total. The number of thiophene rings is 1. The number of nitrogens with zero attached hydrogens (tertiary/aromatic N) is 2. The fourth-order valence-electron chi connectivity index (χ4n) is 4.39. The number of hydrogen-bond donors (Lipinski definition) is 0. The first kappa shape index (κ1) is 17.8. The van der Waals surface area contributed by atoms with E-state index < -0.39 is 0 Å². The molecule has 1 spiro atoms. The minimum atomic E-state index is 0.0588. The highest BCUT2D eigenvalue weighted by Crippen LogP contribution is 2.42. The summed E-state index contributed by atoms with van der Waals surface area (Å²) in [6.45, 7) is 8.37. The highest BCUT2D eigenvalue weighted by atomic mass is 35.5. The monoisotopic (exact) mass is 386 g/mol. The molecule has 4 rings (SSSR count). The molecule has 136 valence electrons. The minimum absolute atomic E-state index is 0.0588. The predicted molar refractivity (Wildman–Crippen MR) is 108 cm³/mol. The van der Waals surface area contributed by atoms with Gasteiger partial charge in [-0.25, -0.2) is 0 Å². The third-order valence-electron chi connectivity index (χ3n) is 5.72. The maximum absolute atomic E-state index is 13.1. The van der Waals surface area contributed by atoms with Crippen LogP contribution in [0, 0.1) is 0 Å². The molecule has 2 aliphatic rings. The van der Waals surface area contributed by atoms with Crippen molar-refractivity contribution in [3.63, 3.8) is 0 Å². The summed E-state index contributed by atoms with van der Waals surface area (Å²) in [6, 6.07) is 12.3. The summed E-state index contributed by atoms with van der Waals surface area (Å²) in [6.07, 6.45) is 4.13. The fraction of sp³-hybridized carbons (Fsp3) is 0.381. The Balaban J connectivity index is 1.63. The fourth-order valence-corrected chi connectivity index (χ4v) is 5.40. The predicted octanol–water partition coefficient (Wildman–Crippen LogP) is 4.58. The van der Waals surface area contributed by atoms with Gasteiger partial charge in [0.1, 0.15) is 0 Å². The molecular weight excluding hydrogens is 364 g/mol. The summed E-state index contributed by atoms with van der Waals surface area (Å²) in [5.41, 5.74) is 2.78. The number of carbonyl (C=O) groups excluding carboxylic acids is 1. The van der Waals surface area contributed by atoms with Gasteiger partial charge >= 0.3 is 0 Å². The van der Waals surface area contributed by atoms with E-state index in [1.165, 1.54) is 22.5 Å². The van der Waals surface area contributed by atoms with Crippen molar-refractivity contribution >= 4 is 28.8 Å². The molecule has 2 aromatic rings. The highest BCUT2D eigenvalue weighted by molar-refractivity contribution is 7.17. The van der Waals surface area contributed by atoms with E-state index in [0.29, 0.717) is 10.9 Å². The highest BCUT2D eigenvalue weighted by Gasteiger charge is 2.43. The quantitative estimate of drug-likeness (QED) is 0.721. The number of benzene rings is 1. The van der Waals surface area contributed by atoms with Crippen LogP contribution in [-0.4, -0.2) is 41.9 Å². The third-order valence-corrected chi connectivity index (χ3v) is 6.93.